The van der Waals surface area contributed by atoms with E-state index in [2.05, 4.69) is 14.7 Å². The summed E-state index contributed by atoms with van der Waals surface area (Å²) in [5.74, 6) is 0.934. The van der Waals surface area contributed by atoms with Gasteiger partial charge >= 0.3 is 0 Å². The zero-order chi connectivity index (χ0) is 16.3. The van der Waals surface area contributed by atoms with Gasteiger partial charge in [-0.05, 0) is 36.6 Å². The van der Waals surface area contributed by atoms with Gasteiger partial charge in [-0.3, -0.25) is 0 Å². The molecule has 2 N–H and O–H groups in total. The van der Waals surface area contributed by atoms with Crippen molar-refractivity contribution in [1.29, 1.82) is 0 Å². The second-order valence-corrected chi connectivity index (χ2v) is 7.48. The minimum absolute atomic E-state index is 0.0857. The molecule has 2 aromatic carbocycles. The van der Waals surface area contributed by atoms with Gasteiger partial charge in [0.25, 0.3) is 0 Å². The standard InChI is InChI=1S/C17H19N3O2S/c1-13-19-16-8-7-15(11-17(16)20-13)12-18-23(21,22)10-9-14-5-3-2-4-6-14/h2-8,11,18H,9-10,12H2,1H3,(H,19,20). The summed E-state index contributed by atoms with van der Waals surface area (Å²) in [6, 6.07) is 15.3. The first kappa shape index (κ1) is 15.7. The van der Waals surface area contributed by atoms with Crippen LogP contribution in [0, 0.1) is 6.92 Å². The molecule has 1 aromatic heterocycles. The minimum atomic E-state index is -3.30. The molecule has 0 bridgehead atoms. The van der Waals surface area contributed by atoms with E-state index in [1.807, 2.05) is 55.5 Å². The van der Waals surface area contributed by atoms with Gasteiger partial charge in [0.2, 0.25) is 10.0 Å². The first-order valence-corrected chi connectivity index (χ1v) is 9.13. The molecule has 0 saturated carbocycles. The van der Waals surface area contributed by atoms with Crippen LogP contribution in [0.1, 0.15) is 17.0 Å². The zero-order valence-corrected chi connectivity index (χ0v) is 13.7. The van der Waals surface area contributed by atoms with Gasteiger partial charge in [-0.25, -0.2) is 18.1 Å². The van der Waals surface area contributed by atoms with E-state index in [1.54, 1.807) is 0 Å². The first-order valence-electron chi connectivity index (χ1n) is 7.48. The van der Waals surface area contributed by atoms with Crippen molar-refractivity contribution in [3.63, 3.8) is 0 Å². The first-order chi connectivity index (χ1) is 11.0. The zero-order valence-electron chi connectivity index (χ0n) is 12.9. The second kappa shape index (κ2) is 6.52. The van der Waals surface area contributed by atoms with Gasteiger partial charge in [-0.1, -0.05) is 36.4 Å². The maximum atomic E-state index is 12.1. The highest BCUT2D eigenvalue weighted by molar-refractivity contribution is 7.89. The Labute approximate surface area is 135 Å². The van der Waals surface area contributed by atoms with Crippen molar-refractivity contribution < 1.29 is 8.42 Å². The SMILES string of the molecule is Cc1nc2ccc(CNS(=O)(=O)CCc3ccccc3)cc2[nH]1. The Hall–Kier alpha value is -2.18. The fourth-order valence-electron chi connectivity index (χ4n) is 2.46. The van der Waals surface area contributed by atoms with E-state index in [4.69, 9.17) is 0 Å². The molecular formula is C17H19N3O2S. The number of nitrogens with one attached hydrogen (secondary N) is 2. The van der Waals surface area contributed by atoms with E-state index in [9.17, 15) is 8.42 Å². The van der Waals surface area contributed by atoms with E-state index in [0.29, 0.717) is 6.42 Å². The number of hydrogen-bond acceptors (Lipinski definition) is 3. The third-order valence-corrected chi connectivity index (χ3v) is 4.99. The highest BCUT2D eigenvalue weighted by atomic mass is 32.2. The van der Waals surface area contributed by atoms with Crippen LogP contribution in [0.5, 0.6) is 0 Å². The summed E-state index contributed by atoms with van der Waals surface area (Å²) in [5.41, 5.74) is 3.73. The number of aryl methyl sites for hydroxylation is 2. The van der Waals surface area contributed by atoms with Crippen LogP contribution in [0.2, 0.25) is 0 Å². The number of rotatable bonds is 6. The number of H-pyrrole nitrogens is 1. The number of hydrogen-bond donors (Lipinski definition) is 2. The Morgan fingerprint density at radius 1 is 1.09 bits per heavy atom. The normalized spacial score (nSPS) is 11.9. The summed E-state index contributed by atoms with van der Waals surface area (Å²) >= 11 is 0. The summed E-state index contributed by atoms with van der Waals surface area (Å²) in [4.78, 5) is 7.49. The molecule has 0 amide bonds. The van der Waals surface area contributed by atoms with Crippen LogP contribution in [-0.4, -0.2) is 24.1 Å². The Morgan fingerprint density at radius 3 is 2.65 bits per heavy atom. The molecule has 6 heteroatoms. The molecule has 120 valence electrons. The highest BCUT2D eigenvalue weighted by Crippen LogP contribution is 2.13. The smallest absolute Gasteiger partial charge is 0.212 e. The Balaban J connectivity index is 1.61. The van der Waals surface area contributed by atoms with Crippen LogP contribution in [0.3, 0.4) is 0 Å². The number of aromatic nitrogens is 2. The van der Waals surface area contributed by atoms with Gasteiger partial charge in [-0.2, -0.15) is 0 Å². The molecule has 0 aliphatic carbocycles. The quantitative estimate of drug-likeness (QED) is 0.730. The number of fused-ring (bicyclic) bond motifs is 1. The summed E-state index contributed by atoms with van der Waals surface area (Å²) < 4.78 is 26.9. The van der Waals surface area contributed by atoms with Crippen LogP contribution in [-0.2, 0) is 23.0 Å². The van der Waals surface area contributed by atoms with Gasteiger partial charge < -0.3 is 4.98 Å². The van der Waals surface area contributed by atoms with Gasteiger partial charge in [0.1, 0.15) is 5.82 Å². The van der Waals surface area contributed by atoms with Gasteiger partial charge in [0.05, 0.1) is 16.8 Å². The molecule has 0 aliphatic rings. The van der Waals surface area contributed by atoms with Crippen molar-refractivity contribution in [3.05, 3.63) is 65.5 Å². The molecular weight excluding hydrogens is 310 g/mol. The van der Waals surface area contributed by atoms with Gasteiger partial charge in [0.15, 0.2) is 0 Å². The molecule has 0 fully saturated rings. The Bertz CT molecular complexity index is 902. The van der Waals surface area contributed by atoms with E-state index in [1.165, 1.54) is 0 Å². The molecule has 5 nitrogen and oxygen atoms in total. The summed E-state index contributed by atoms with van der Waals surface area (Å²) in [5, 5.41) is 0. The number of imidazole rings is 1. The molecule has 3 aromatic rings. The Kier molecular flexibility index (Phi) is 4.45. The predicted octanol–water partition coefficient (Wildman–Crippen LogP) is 2.53. The van der Waals surface area contributed by atoms with Crippen molar-refractivity contribution in [1.82, 2.24) is 14.7 Å². The van der Waals surface area contributed by atoms with Crippen LogP contribution >= 0.6 is 0 Å². The number of benzene rings is 2. The van der Waals surface area contributed by atoms with Crippen molar-refractivity contribution in [2.75, 3.05) is 5.75 Å². The summed E-state index contributed by atoms with van der Waals surface area (Å²) in [6.45, 7) is 2.18. The topological polar surface area (TPSA) is 74.8 Å². The molecule has 0 radical (unpaired) electrons. The average Bonchev–Trinajstić information content (AvgIpc) is 2.91. The average molecular weight is 329 g/mol. The molecule has 3 rings (SSSR count). The van der Waals surface area contributed by atoms with Crippen LogP contribution in [0.4, 0.5) is 0 Å². The lowest BCUT2D eigenvalue weighted by molar-refractivity contribution is 0.580. The fourth-order valence-corrected chi connectivity index (χ4v) is 3.49. The highest BCUT2D eigenvalue weighted by Gasteiger charge is 2.10. The maximum absolute atomic E-state index is 12.1. The lowest BCUT2D eigenvalue weighted by Crippen LogP contribution is -2.26. The van der Waals surface area contributed by atoms with Crippen LogP contribution in [0.15, 0.2) is 48.5 Å². The largest absolute Gasteiger partial charge is 0.342 e. The van der Waals surface area contributed by atoms with E-state index in [0.717, 1.165) is 28.0 Å². The van der Waals surface area contributed by atoms with Crippen LogP contribution in [0.25, 0.3) is 11.0 Å². The lowest BCUT2D eigenvalue weighted by atomic mass is 10.2. The Morgan fingerprint density at radius 2 is 1.87 bits per heavy atom. The monoisotopic (exact) mass is 329 g/mol. The molecule has 0 saturated heterocycles. The van der Waals surface area contributed by atoms with Crippen molar-refractivity contribution in [2.45, 2.75) is 19.9 Å². The molecule has 0 aliphatic heterocycles. The molecule has 23 heavy (non-hydrogen) atoms. The molecule has 0 atom stereocenters. The minimum Gasteiger partial charge on any atom is -0.342 e. The molecule has 0 unspecified atom stereocenters. The van der Waals surface area contributed by atoms with Crippen molar-refractivity contribution in [2.24, 2.45) is 0 Å². The second-order valence-electron chi connectivity index (χ2n) is 5.55. The molecule has 1 heterocycles. The van der Waals surface area contributed by atoms with Gasteiger partial charge in [0, 0.05) is 6.54 Å². The fraction of sp³-hybridized carbons (Fsp3) is 0.235. The number of aromatic amines is 1. The predicted molar refractivity (Wildman–Crippen MR) is 91.6 cm³/mol. The van der Waals surface area contributed by atoms with E-state index in [-0.39, 0.29) is 12.3 Å². The summed E-state index contributed by atoms with van der Waals surface area (Å²) in [6.07, 6.45) is 0.509. The van der Waals surface area contributed by atoms with E-state index >= 15 is 0 Å². The lowest BCUT2D eigenvalue weighted by Gasteiger charge is -2.07. The number of nitrogens with zero attached hydrogens (tertiary/aromatic N) is 1. The maximum Gasteiger partial charge on any atom is 0.212 e. The third-order valence-electron chi connectivity index (χ3n) is 3.66. The summed E-state index contributed by atoms with van der Waals surface area (Å²) in [7, 11) is -3.30. The third kappa shape index (κ3) is 4.18. The van der Waals surface area contributed by atoms with E-state index < -0.39 is 10.0 Å². The number of sulfonamides is 1. The van der Waals surface area contributed by atoms with Crippen LogP contribution < -0.4 is 4.72 Å². The van der Waals surface area contributed by atoms with Gasteiger partial charge in [-0.15, -0.1) is 0 Å². The van der Waals surface area contributed by atoms with Crippen molar-refractivity contribution in [3.8, 4) is 0 Å². The van der Waals surface area contributed by atoms with Crippen molar-refractivity contribution >= 4 is 21.1 Å². The molecule has 0 spiro atoms.